The highest BCUT2D eigenvalue weighted by Crippen LogP contribution is 2.25. The Labute approximate surface area is 139 Å². The maximum atomic E-state index is 12.7. The summed E-state index contributed by atoms with van der Waals surface area (Å²) < 4.78 is 0. The van der Waals surface area contributed by atoms with E-state index in [9.17, 15) is 14.7 Å². The van der Waals surface area contributed by atoms with E-state index in [0.29, 0.717) is 5.56 Å². The second-order valence-electron chi connectivity index (χ2n) is 5.22. The second-order valence-corrected chi connectivity index (χ2v) is 5.22. The van der Waals surface area contributed by atoms with Crippen LogP contribution in [0, 0.1) is 0 Å². The van der Waals surface area contributed by atoms with Crippen LogP contribution in [-0.4, -0.2) is 17.0 Å². The van der Waals surface area contributed by atoms with E-state index in [4.69, 9.17) is 0 Å². The molecule has 0 aliphatic carbocycles. The lowest BCUT2D eigenvalue weighted by Crippen LogP contribution is -2.15. The Balaban J connectivity index is 1.97. The van der Waals surface area contributed by atoms with Crippen molar-refractivity contribution in [2.75, 3.05) is 5.32 Å². The molecule has 0 aliphatic rings. The highest BCUT2D eigenvalue weighted by molar-refractivity contribution is 6.11. The third-order valence-corrected chi connectivity index (χ3v) is 3.66. The van der Waals surface area contributed by atoms with Crippen LogP contribution in [0.3, 0.4) is 0 Å². The molecule has 0 fully saturated rings. The number of rotatable bonds is 4. The molecule has 0 saturated heterocycles. The minimum Gasteiger partial charge on any atom is -0.478 e. The lowest BCUT2D eigenvalue weighted by atomic mass is 9.99. The van der Waals surface area contributed by atoms with Gasteiger partial charge in [-0.2, -0.15) is 0 Å². The lowest BCUT2D eigenvalue weighted by molar-refractivity contribution is 0.0698. The van der Waals surface area contributed by atoms with Crippen molar-refractivity contribution >= 4 is 17.6 Å². The predicted octanol–water partition coefficient (Wildman–Crippen LogP) is 4.30. The maximum absolute atomic E-state index is 12.7. The Hall–Kier alpha value is -3.40. The van der Waals surface area contributed by atoms with Gasteiger partial charge in [0.2, 0.25) is 0 Å². The molecule has 118 valence electrons. The molecule has 3 aromatic rings. The van der Waals surface area contributed by atoms with Crippen LogP contribution in [0.5, 0.6) is 0 Å². The summed E-state index contributed by atoms with van der Waals surface area (Å²) >= 11 is 0. The topological polar surface area (TPSA) is 66.4 Å². The smallest absolute Gasteiger partial charge is 0.337 e. The van der Waals surface area contributed by atoms with Gasteiger partial charge in [0.1, 0.15) is 0 Å². The normalized spacial score (nSPS) is 10.2. The van der Waals surface area contributed by atoms with Crippen LogP contribution in [-0.2, 0) is 0 Å². The monoisotopic (exact) mass is 317 g/mol. The number of hydrogen-bond acceptors (Lipinski definition) is 2. The number of carboxylic acids is 1. The minimum atomic E-state index is -1.08. The number of amides is 1. The molecule has 0 aliphatic heterocycles. The van der Waals surface area contributed by atoms with Crippen molar-refractivity contribution in [3.63, 3.8) is 0 Å². The first-order valence-corrected chi connectivity index (χ1v) is 7.45. The number of carboxylic acid groups (broad SMARTS) is 1. The number of aromatic carboxylic acids is 1. The largest absolute Gasteiger partial charge is 0.478 e. The Bertz CT molecular complexity index is 888. The van der Waals surface area contributed by atoms with Crippen molar-refractivity contribution in [1.29, 1.82) is 0 Å². The summed E-state index contributed by atoms with van der Waals surface area (Å²) in [6.07, 6.45) is 0. The van der Waals surface area contributed by atoms with Crippen LogP contribution in [0.1, 0.15) is 20.7 Å². The van der Waals surface area contributed by atoms with Crippen LogP contribution in [0.4, 0.5) is 5.69 Å². The zero-order valence-corrected chi connectivity index (χ0v) is 12.8. The van der Waals surface area contributed by atoms with Gasteiger partial charge >= 0.3 is 5.97 Å². The van der Waals surface area contributed by atoms with Gasteiger partial charge in [-0.1, -0.05) is 60.7 Å². The predicted molar refractivity (Wildman–Crippen MR) is 93.2 cm³/mol. The fraction of sp³-hybridized carbons (Fsp3) is 0. The van der Waals surface area contributed by atoms with Gasteiger partial charge < -0.3 is 10.4 Å². The Morgan fingerprint density at radius 3 is 2.00 bits per heavy atom. The summed E-state index contributed by atoms with van der Waals surface area (Å²) in [5.41, 5.74) is 2.54. The van der Waals surface area contributed by atoms with Crippen LogP contribution in [0.15, 0.2) is 78.9 Å². The van der Waals surface area contributed by atoms with Crippen molar-refractivity contribution < 1.29 is 14.7 Å². The number of anilines is 1. The standard InChI is InChI=1S/C20H15NO3/c22-19(21-18-13-7-6-12-17(18)20(23)24)16-11-5-4-10-15(16)14-8-2-1-3-9-14/h1-13H,(H,21,22)(H,23,24). The molecular formula is C20H15NO3. The average molecular weight is 317 g/mol. The van der Waals surface area contributed by atoms with Gasteiger partial charge in [0, 0.05) is 5.56 Å². The molecule has 0 spiro atoms. The summed E-state index contributed by atoms with van der Waals surface area (Å²) in [7, 11) is 0. The Kier molecular flexibility index (Phi) is 4.38. The molecule has 0 atom stereocenters. The molecule has 3 aromatic carbocycles. The highest BCUT2D eigenvalue weighted by atomic mass is 16.4. The Morgan fingerprint density at radius 1 is 0.708 bits per heavy atom. The van der Waals surface area contributed by atoms with Crippen LogP contribution < -0.4 is 5.32 Å². The number of carbonyl (C=O) groups excluding carboxylic acids is 1. The first kappa shape index (κ1) is 15.5. The van der Waals surface area contributed by atoms with Gasteiger partial charge in [0.15, 0.2) is 0 Å². The third-order valence-electron chi connectivity index (χ3n) is 3.66. The summed E-state index contributed by atoms with van der Waals surface area (Å²) in [6.45, 7) is 0. The molecule has 0 bridgehead atoms. The molecule has 2 N–H and O–H groups in total. The van der Waals surface area contributed by atoms with Crippen molar-refractivity contribution in [2.24, 2.45) is 0 Å². The molecule has 0 saturated carbocycles. The quantitative estimate of drug-likeness (QED) is 0.754. The average Bonchev–Trinajstić information content (AvgIpc) is 2.62. The van der Waals surface area contributed by atoms with E-state index >= 15 is 0 Å². The molecule has 0 radical (unpaired) electrons. The molecule has 4 nitrogen and oxygen atoms in total. The van der Waals surface area contributed by atoms with Gasteiger partial charge in [-0.15, -0.1) is 0 Å². The second kappa shape index (κ2) is 6.79. The fourth-order valence-electron chi connectivity index (χ4n) is 2.52. The number of carbonyl (C=O) groups is 2. The third kappa shape index (κ3) is 3.17. The molecule has 0 aromatic heterocycles. The van der Waals surface area contributed by atoms with Gasteiger partial charge in [-0.25, -0.2) is 4.79 Å². The maximum Gasteiger partial charge on any atom is 0.337 e. The zero-order valence-electron chi connectivity index (χ0n) is 12.8. The number of para-hydroxylation sites is 1. The Morgan fingerprint density at radius 2 is 1.29 bits per heavy atom. The van der Waals surface area contributed by atoms with Crippen molar-refractivity contribution in [2.45, 2.75) is 0 Å². The zero-order chi connectivity index (χ0) is 16.9. The SMILES string of the molecule is O=C(O)c1ccccc1NC(=O)c1ccccc1-c1ccccc1. The lowest BCUT2D eigenvalue weighted by Gasteiger charge is -2.12. The van der Waals surface area contributed by atoms with Crippen LogP contribution in [0.2, 0.25) is 0 Å². The first-order chi connectivity index (χ1) is 11.7. The van der Waals surface area contributed by atoms with Crippen LogP contribution >= 0.6 is 0 Å². The molecular weight excluding hydrogens is 302 g/mol. The van der Waals surface area contributed by atoms with E-state index in [1.807, 2.05) is 42.5 Å². The van der Waals surface area contributed by atoms with E-state index in [2.05, 4.69) is 5.32 Å². The minimum absolute atomic E-state index is 0.0584. The number of hydrogen-bond donors (Lipinski definition) is 2. The number of nitrogens with one attached hydrogen (secondary N) is 1. The summed E-state index contributed by atoms with van der Waals surface area (Å²) in [5, 5.41) is 11.9. The molecule has 4 heteroatoms. The fourth-order valence-corrected chi connectivity index (χ4v) is 2.52. The molecule has 0 heterocycles. The summed E-state index contributed by atoms with van der Waals surface area (Å²) in [4.78, 5) is 24.0. The first-order valence-electron chi connectivity index (χ1n) is 7.45. The molecule has 3 rings (SSSR count). The van der Waals surface area contributed by atoms with Crippen molar-refractivity contribution in [3.05, 3.63) is 90.0 Å². The van der Waals surface area contributed by atoms with Crippen molar-refractivity contribution in [1.82, 2.24) is 0 Å². The van der Waals surface area contributed by atoms with Crippen molar-refractivity contribution in [3.8, 4) is 11.1 Å². The highest BCUT2D eigenvalue weighted by Gasteiger charge is 2.15. The molecule has 24 heavy (non-hydrogen) atoms. The van der Waals surface area contributed by atoms with Gasteiger partial charge in [-0.3, -0.25) is 4.79 Å². The van der Waals surface area contributed by atoms with Gasteiger partial charge in [-0.05, 0) is 29.3 Å². The number of benzene rings is 3. The van der Waals surface area contributed by atoms with E-state index in [1.54, 1.807) is 30.3 Å². The van der Waals surface area contributed by atoms with E-state index in [1.165, 1.54) is 6.07 Å². The van der Waals surface area contributed by atoms with E-state index in [-0.39, 0.29) is 17.2 Å². The molecule has 0 unspecified atom stereocenters. The van der Waals surface area contributed by atoms with Gasteiger partial charge in [0.25, 0.3) is 5.91 Å². The summed E-state index contributed by atoms with van der Waals surface area (Å²) in [5.74, 6) is -1.43. The summed E-state index contributed by atoms with van der Waals surface area (Å²) in [6, 6.07) is 23.2. The van der Waals surface area contributed by atoms with Gasteiger partial charge in [0.05, 0.1) is 11.3 Å². The van der Waals surface area contributed by atoms with E-state index in [0.717, 1.165) is 11.1 Å². The molecule has 1 amide bonds. The van der Waals surface area contributed by atoms with Crippen LogP contribution in [0.25, 0.3) is 11.1 Å². The van der Waals surface area contributed by atoms with E-state index < -0.39 is 5.97 Å².